The van der Waals surface area contributed by atoms with E-state index in [1.165, 1.54) is 17.7 Å². The number of nitro groups is 1. The molecule has 0 radical (unpaired) electrons. The summed E-state index contributed by atoms with van der Waals surface area (Å²) in [4.78, 5) is 14.9. The Kier molecular flexibility index (Phi) is 8.25. The number of nitrogens with one attached hydrogen (secondary N) is 2. The van der Waals surface area contributed by atoms with Crippen molar-refractivity contribution in [1.29, 1.82) is 0 Å². The summed E-state index contributed by atoms with van der Waals surface area (Å²) in [6.07, 6.45) is 0.887. The highest BCUT2D eigenvalue weighted by atomic mass is 16.6. The van der Waals surface area contributed by atoms with Crippen LogP contribution in [-0.4, -0.2) is 37.2 Å². The Morgan fingerprint density at radius 1 is 1.15 bits per heavy atom. The second kappa shape index (κ2) is 10.9. The van der Waals surface area contributed by atoms with Crippen molar-refractivity contribution >= 4 is 11.6 Å². The van der Waals surface area contributed by atoms with E-state index in [1.54, 1.807) is 19.2 Å². The number of benzene rings is 2. The lowest BCUT2D eigenvalue weighted by Gasteiger charge is -2.18. The molecule has 0 bridgehead atoms. The van der Waals surface area contributed by atoms with Gasteiger partial charge in [-0.05, 0) is 24.5 Å². The van der Waals surface area contributed by atoms with Crippen LogP contribution in [0.15, 0.2) is 59.6 Å². The lowest BCUT2D eigenvalue weighted by molar-refractivity contribution is -0.384. The summed E-state index contributed by atoms with van der Waals surface area (Å²) in [6, 6.07) is 16.8. The molecule has 27 heavy (non-hydrogen) atoms. The van der Waals surface area contributed by atoms with Crippen LogP contribution in [-0.2, 0) is 17.7 Å². The van der Waals surface area contributed by atoms with Gasteiger partial charge in [-0.2, -0.15) is 0 Å². The van der Waals surface area contributed by atoms with Gasteiger partial charge in [0.1, 0.15) is 0 Å². The number of ether oxygens (including phenoxy) is 1. The van der Waals surface area contributed by atoms with Crippen LogP contribution in [0.4, 0.5) is 5.69 Å². The molecule has 0 saturated carbocycles. The summed E-state index contributed by atoms with van der Waals surface area (Å²) in [5.74, 6) is 0.689. The lowest BCUT2D eigenvalue weighted by Crippen LogP contribution is -2.44. The Labute approximate surface area is 159 Å². The van der Waals surface area contributed by atoms with Crippen LogP contribution in [0.25, 0.3) is 0 Å². The van der Waals surface area contributed by atoms with Crippen molar-refractivity contribution in [2.75, 3.05) is 20.3 Å². The van der Waals surface area contributed by atoms with Crippen molar-refractivity contribution in [1.82, 2.24) is 10.6 Å². The first-order valence-electron chi connectivity index (χ1n) is 8.89. The van der Waals surface area contributed by atoms with Gasteiger partial charge in [-0.3, -0.25) is 10.1 Å². The predicted molar refractivity (Wildman–Crippen MR) is 107 cm³/mol. The minimum atomic E-state index is -0.405. The normalized spacial score (nSPS) is 12.4. The molecule has 2 aromatic rings. The highest BCUT2D eigenvalue weighted by molar-refractivity contribution is 5.80. The van der Waals surface area contributed by atoms with Gasteiger partial charge in [0.05, 0.1) is 18.1 Å². The molecule has 7 heteroatoms. The third-order valence-electron chi connectivity index (χ3n) is 3.92. The molecule has 0 fully saturated rings. The lowest BCUT2D eigenvalue weighted by atomic mass is 10.1. The van der Waals surface area contributed by atoms with E-state index >= 15 is 0 Å². The molecule has 144 valence electrons. The number of non-ortho nitro benzene ring substituents is 1. The Morgan fingerprint density at radius 2 is 1.85 bits per heavy atom. The van der Waals surface area contributed by atoms with Crippen LogP contribution in [0, 0.1) is 10.1 Å². The Morgan fingerprint density at radius 3 is 2.48 bits per heavy atom. The maximum absolute atomic E-state index is 10.7. The predicted octanol–water partition coefficient (Wildman–Crippen LogP) is 2.91. The van der Waals surface area contributed by atoms with Crippen LogP contribution in [0.2, 0.25) is 0 Å². The average molecular weight is 370 g/mol. The third kappa shape index (κ3) is 7.45. The van der Waals surface area contributed by atoms with E-state index in [4.69, 9.17) is 4.74 Å². The fourth-order valence-corrected chi connectivity index (χ4v) is 2.54. The Hall–Kier alpha value is -2.93. The monoisotopic (exact) mass is 370 g/mol. The number of rotatable bonds is 9. The molecular formula is C20H26N4O3. The van der Waals surface area contributed by atoms with Crippen LogP contribution >= 0.6 is 0 Å². The summed E-state index contributed by atoms with van der Waals surface area (Å²) in [5.41, 5.74) is 2.24. The average Bonchev–Trinajstić information content (AvgIpc) is 2.67. The molecule has 0 heterocycles. The number of hydrogen-bond acceptors (Lipinski definition) is 4. The maximum Gasteiger partial charge on any atom is 0.269 e. The number of nitro benzene ring substituents is 1. The molecule has 2 aromatic carbocycles. The molecule has 2 N–H and O–H groups in total. The van der Waals surface area contributed by atoms with E-state index in [1.807, 2.05) is 25.1 Å². The number of aliphatic imine (C=N–C) groups is 1. The second-order valence-corrected chi connectivity index (χ2v) is 6.25. The molecule has 0 saturated heterocycles. The molecule has 0 aliphatic heterocycles. The first-order valence-corrected chi connectivity index (χ1v) is 8.89. The van der Waals surface area contributed by atoms with E-state index in [2.05, 4.69) is 27.8 Å². The highest BCUT2D eigenvalue weighted by Gasteiger charge is 2.07. The molecule has 1 atom stereocenters. The Balaban J connectivity index is 1.97. The molecule has 7 nitrogen and oxygen atoms in total. The fourth-order valence-electron chi connectivity index (χ4n) is 2.54. The standard InChI is InChI=1S/C20H26N4O3/c1-16(15-27-2)23-20(21-13-12-17-6-4-3-5-7-17)22-14-18-8-10-19(11-9-18)24(25)26/h3-11,16H,12-15H2,1-2H3,(H2,21,22,23). The molecule has 0 aliphatic rings. The van der Waals surface area contributed by atoms with Gasteiger partial charge in [0.15, 0.2) is 5.96 Å². The van der Waals surface area contributed by atoms with Gasteiger partial charge in [-0.25, -0.2) is 4.99 Å². The van der Waals surface area contributed by atoms with Crippen LogP contribution in [0.3, 0.4) is 0 Å². The summed E-state index contributed by atoms with van der Waals surface area (Å²) in [5, 5.41) is 17.4. The zero-order valence-electron chi connectivity index (χ0n) is 15.7. The zero-order valence-corrected chi connectivity index (χ0v) is 15.7. The van der Waals surface area contributed by atoms with E-state index in [9.17, 15) is 10.1 Å². The van der Waals surface area contributed by atoms with Crippen molar-refractivity contribution in [2.45, 2.75) is 25.9 Å². The van der Waals surface area contributed by atoms with Crippen molar-refractivity contribution in [3.63, 3.8) is 0 Å². The van der Waals surface area contributed by atoms with Crippen molar-refractivity contribution in [3.05, 3.63) is 75.8 Å². The number of methoxy groups -OCH3 is 1. The largest absolute Gasteiger partial charge is 0.383 e. The second-order valence-electron chi connectivity index (χ2n) is 6.25. The van der Waals surface area contributed by atoms with Gasteiger partial charge in [0.25, 0.3) is 5.69 Å². The van der Waals surface area contributed by atoms with Crippen molar-refractivity contribution in [2.24, 2.45) is 4.99 Å². The first-order chi connectivity index (χ1) is 13.1. The number of nitrogens with zero attached hydrogens (tertiary/aromatic N) is 2. The molecular weight excluding hydrogens is 344 g/mol. The van der Waals surface area contributed by atoms with Gasteiger partial charge in [-0.15, -0.1) is 0 Å². The summed E-state index contributed by atoms with van der Waals surface area (Å²) in [6.45, 7) is 3.76. The smallest absolute Gasteiger partial charge is 0.269 e. The topological polar surface area (TPSA) is 88.8 Å². The fraction of sp³-hybridized carbons (Fsp3) is 0.350. The molecule has 0 amide bonds. The number of hydrogen-bond donors (Lipinski definition) is 2. The maximum atomic E-state index is 10.7. The van der Waals surface area contributed by atoms with Gasteiger partial charge in [-0.1, -0.05) is 42.5 Å². The van der Waals surface area contributed by atoms with Gasteiger partial charge in [0, 0.05) is 31.8 Å². The van der Waals surface area contributed by atoms with Gasteiger partial charge < -0.3 is 15.4 Å². The van der Waals surface area contributed by atoms with Crippen molar-refractivity contribution < 1.29 is 9.66 Å². The summed E-state index contributed by atoms with van der Waals surface area (Å²) < 4.78 is 5.17. The summed E-state index contributed by atoms with van der Waals surface area (Å²) in [7, 11) is 1.66. The molecule has 0 aliphatic carbocycles. The zero-order chi connectivity index (χ0) is 19.5. The van der Waals surface area contributed by atoms with Crippen molar-refractivity contribution in [3.8, 4) is 0 Å². The highest BCUT2D eigenvalue weighted by Crippen LogP contribution is 2.12. The van der Waals surface area contributed by atoms with E-state index in [-0.39, 0.29) is 11.7 Å². The van der Waals surface area contributed by atoms with E-state index in [0.717, 1.165) is 18.5 Å². The SMILES string of the molecule is COCC(C)NC(=NCc1ccc([N+](=O)[O-])cc1)NCCc1ccccc1. The van der Waals surface area contributed by atoms with Gasteiger partial charge in [0.2, 0.25) is 0 Å². The third-order valence-corrected chi connectivity index (χ3v) is 3.92. The minimum absolute atomic E-state index is 0.0794. The summed E-state index contributed by atoms with van der Waals surface area (Å²) >= 11 is 0. The quantitative estimate of drug-likeness (QED) is 0.307. The van der Waals surface area contributed by atoms with Crippen LogP contribution in [0.5, 0.6) is 0 Å². The van der Waals surface area contributed by atoms with Crippen LogP contribution < -0.4 is 10.6 Å². The number of guanidine groups is 1. The van der Waals surface area contributed by atoms with Gasteiger partial charge >= 0.3 is 0 Å². The van der Waals surface area contributed by atoms with E-state index in [0.29, 0.717) is 19.1 Å². The van der Waals surface area contributed by atoms with Crippen LogP contribution in [0.1, 0.15) is 18.1 Å². The molecule has 1 unspecified atom stereocenters. The minimum Gasteiger partial charge on any atom is -0.383 e. The molecule has 0 aromatic heterocycles. The Bertz CT molecular complexity index is 733. The first kappa shape index (κ1) is 20.4. The molecule has 0 spiro atoms. The van der Waals surface area contributed by atoms with E-state index < -0.39 is 4.92 Å². The molecule has 2 rings (SSSR count).